The van der Waals surface area contributed by atoms with Gasteiger partial charge in [-0.3, -0.25) is 9.89 Å². The standard InChI is InChI=1S/C22H21N5O/c1-14-21(15(2)25-24-14)18-7-8-19(17-6-4-3-5-16(17)18)22(28)27-12-11-26-10-9-23-20(26)13-27/h3-10H,11-13H2,1-2H3,(H,24,25). The maximum atomic E-state index is 13.3. The monoisotopic (exact) mass is 371 g/mol. The molecule has 5 rings (SSSR count). The lowest BCUT2D eigenvalue weighted by Crippen LogP contribution is -2.38. The number of aromatic amines is 1. The predicted octanol–water partition coefficient (Wildman–Crippen LogP) is 3.70. The lowest BCUT2D eigenvalue weighted by molar-refractivity contribution is 0.0709. The largest absolute Gasteiger partial charge is 0.332 e. The quantitative estimate of drug-likeness (QED) is 0.584. The Balaban J connectivity index is 1.60. The first-order valence-electron chi connectivity index (χ1n) is 9.46. The Labute approximate surface area is 162 Å². The number of carbonyl (C=O) groups is 1. The highest BCUT2D eigenvalue weighted by Gasteiger charge is 2.24. The van der Waals surface area contributed by atoms with E-state index >= 15 is 0 Å². The van der Waals surface area contributed by atoms with Crippen LogP contribution in [-0.4, -0.2) is 37.1 Å². The van der Waals surface area contributed by atoms with Crippen LogP contribution in [0.4, 0.5) is 0 Å². The minimum absolute atomic E-state index is 0.0534. The summed E-state index contributed by atoms with van der Waals surface area (Å²) in [5.41, 5.74) is 4.94. The fraction of sp³-hybridized carbons (Fsp3) is 0.227. The fourth-order valence-electron chi connectivity index (χ4n) is 4.17. The van der Waals surface area contributed by atoms with Crippen molar-refractivity contribution in [2.45, 2.75) is 26.9 Å². The molecule has 28 heavy (non-hydrogen) atoms. The number of amides is 1. The molecule has 1 aliphatic rings. The van der Waals surface area contributed by atoms with Gasteiger partial charge in [-0.25, -0.2) is 4.98 Å². The van der Waals surface area contributed by atoms with Gasteiger partial charge in [-0.1, -0.05) is 30.3 Å². The third kappa shape index (κ3) is 2.52. The van der Waals surface area contributed by atoms with Crippen LogP contribution in [0.1, 0.15) is 27.6 Å². The minimum Gasteiger partial charge on any atom is -0.332 e. The topological polar surface area (TPSA) is 66.8 Å². The smallest absolute Gasteiger partial charge is 0.254 e. The average Bonchev–Trinajstić information content (AvgIpc) is 3.32. The molecule has 6 heteroatoms. The van der Waals surface area contributed by atoms with E-state index in [0.29, 0.717) is 13.1 Å². The number of hydrogen-bond donors (Lipinski definition) is 1. The molecule has 0 bridgehead atoms. The van der Waals surface area contributed by atoms with E-state index in [-0.39, 0.29) is 5.91 Å². The number of carbonyl (C=O) groups excluding carboxylic acids is 1. The van der Waals surface area contributed by atoms with Crippen LogP contribution in [0.25, 0.3) is 21.9 Å². The Hall–Kier alpha value is -3.41. The van der Waals surface area contributed by atoms with Crippen molar-refractivity contribution in [3.63, 3.8) is 0 Å². The number of rotatable bonds is 2. The molecule has 2 aromatic carbocycles. The highest BCUT2D eigenvalue weighted by Crippen LogP contribution is 2.34. The van der Waals surface area contributed by atoms with E-state index in [4.69, 9.17) is 0 Å². The molecule has 0 saturated carbocycles. The van der Waals surface area contributed by atoms with E-state index in [2.05, 4.69) is 25.8 Å². The molecule has 4 aromatic rings. The van der Waals surface area contributed by atoms with Crippen molar-refractivity contribution < 1.29 is 4.79 Å². The van der Waals surface area contributed by atoms with Crippen LogP contribution >= 0.6 is 0 Å². The lowest BCUT2D eigenvalue weighted by atomic mass is 9.93. The molecule has 1 amide bonds. The first kappa shape index (κ1) is 16.7. The van der Waals surface area contributed by atoms with E-state index in [1.54, 1.807) is 6.20 Å². The number of H-pyrrole nitrogens is 1. The van der Waals surface area contributed by atoms with Crippen molar-refractivity contribution in [1.29, 1.82) is 0 Å². The van der Waals surface area contributed by atoms with Crippen molar-refractivity contribution in [3.8, 4) is 11.1 Å². The van der Waals surface area contributed by atoms with Crippen LogP contribution in [0, 0.1) is 13.8 Å². The van der Waals surface area contributed by atoms with Crippen LogP contribution in [0.5, 0.6) is 0 Å². The van der Waals surface area contributed by atoms with E-state index in [1.807, 2.05) is 55.3 Å². The molecule has 3 heterocycles. The third-order valence-corrected chi connectivity index (χ3v) is 5.58. The second kappa shape index (κ2) is 6.34. The molecular formula is C22H21N5O. The number of nitrogens with one attached hydrogen (secondary N) is 1. The predicted molar refractivity (Wildman–Crippen MR) is 108 cm³/mol. The maximum Gasteiger partial charge on any atom is 0.254 e. The Morgan fingerprint density at radius 1 is 1.07 bits per heavy atom. The number of imidazole rings is 1. The van der Waals surface area contributed by atoms with E-state index in [0.717, 1.165) is 51.2 Å². The molecule has 6 nitrogen and oxygen atoms in total. The van der Waals surface area contributed by atoms with Crippen LogP contribution in [0.3, 0.4) is 0 Å². The molecule has 0 aliphatic carbocycles. The molecule has 0 unspecified atom stereocenters. The van der Waals surface area contributed by atoms with Gasteiger partial charge < -0.3 is 9.47 Å². The van der Waals surface area contributed by atoms with Gasteiger partial charge in [-0.2, -0.15) is 5.10 Å². The Kier molecular flexibility index (Phi) is 3.79. The van der Waals surface area contributed by atoms with Crippen molar-refractivity contribution >= 4 is 16.7 Å². The molecule has 0 fully saturated rings. The number of aromatic nitrogens is 4. The first-order valence-corrected chi connectivity index (χ1v) is 9.46. The van der Waals surface area contributed by atoms with Crippen LogP contribution in [-0.2, 0) is 13.1 Å². The molecule has 1 aliphatic heterocycles. The summed E-state index contributed by atoms with van der Waals surface area (Å²) in [5, 5.41) is 9.44. The highest BCUT2D eigenvalue weighted by atomic mass is 16.2. The summed E-state index contributed by atoms with van der Waals surface area (Å²) in [6, 6.07) is 12.1. The van der Waals surface area contributed by atoms with Gasteiger partial charge in [0.1, 0.15) is 5.82 Å². The number of benzene rings is 2. The number of nitrogens with zero attached hydrogens (tertiary/aromatic N) is 4. The second-order valence-corrected chi connectivity index (χ2v) is 7.28. The molecule has 0 spiro atoms. The van der Waals surface area contributed by atoms with Crippen LogP contribution in [0.2, 0.25) is 0 Å². The van der Waals surface area contributed by atoms with Crippen molar-refractivity contribution in [3.05, 3.63) is 71.6 Å². The summed E-state index contributed by atoms with van der Waals surface area (Å²) < 4.78 is 2.11. The van der Waals surface area contributed by atoms with Gasteiger partial charge in [0.05, 0.1) is 12.2 Å². The van der Waals surface area contributed by atoms with Gasteiger partial charge >= 0.3 is 0 Å². The summed E-state index contributed by atoms with van der Waals surface area (Å²) in [6.45, 7) is 6.05. The number of fused-ring (bicyclic) bond motifs is 2. The maximum absolute atomic E-state index is 13.3. The summed E-state index contributed by atoms with van der Waals surface area (Å²) in [7, 11) is 0. The van der Waals surface area contributed by atoms with E-state index in [9.17, 15) is 4.79 Å². The number of hydrogen-bond acceptors (Lipinski definition) is 3. The van der Waals surface area contributed by atoms with Crippen LogP contribution in [0.15, 0.2) is 48.8 Å². The van der Waals surface area contributed by atoms with Crippen LogP contribution < -0.4 is 0 Å². The minimum atomic E-state index is 0.0534. The summed E-state index contributed by atoms with van der Waals surface area (Å²) in [5.74, 6) is 0.989. The lowest BCUT2D eigenvalue weighted by Gasteiger charge is -2.28. The van der Waals surface area contributed by atoms with Crippen molar-refractivity contribution in [2.24, 2.45) is 0 Å². The summed E-state index contributed by atoms with van der Waals surface area (Å²) >= 11 is 0. The molecule has 0 radical (unpaired) electrons. The first-order chi connectivity index (χ1) is 13.6. The van der Waals surface area contributed by atoms with Gasteiger partial charge in [0.25, 0.3) is 5.91 Å². The number of aryl methyl sites for hydroxylation is 2. The molecule has 140 valence electrons. The third-order valence-electron chi connectivity index (χ3n) is 5.58. The van der Waals surface area contributed by atoms with Crippen molar-refractivity contribution in [1.82, 2.24) is 24.6 Å². The van der Waals surface area contributed by atoms with Gasteiger partial charge in [0.15, 0.2) is 0 Å². The second-order valence-electron chi connectivity index (χ2n) is 7.28. The van der Waals surface area contributed by atoms with E-state index in [1.165, 1.54) is 0 Å². The van der Waals surface area contributed by atoms with Gasteiger partial charge in [-0.05, 0) is 36.2 Å². The van der Waals surface area contributed by atoms with Gasteiger partial charge in [0, 0.05) is 42.3 Å². The zero-order valence-electron chi connectivity index (χ0n) is 15.9. The summed E-state index contributed by atoms with van der Waals surface area (Å²) in [4.78, 5) is 19.6. The molecule has 0 saturated heterocycles. The highest BCUT2D eigenvalue weighted by molar-refractivity contribution is 6.11. The Bertz CT molecular complexity index is 1180. The molecule has 0 atom stereocenters. The fourth-order valence-corrected chi connectivity index (χ4v) is 4.17. The van der Waals surface area contributed by atoms with Gasteiger partial charge in [-0.15, -0.1) is 0 Å². The zero-order valence-corrected chi connectivity index (χ0v) is 15.9. The molecular weight excluding hydrogens is 350 g/mol. The Morgan fingerprint density at radius 2 is 1.89 bits per heavy atom. The SMILES string of the molecule is Cc1n[nH]c(C)c1-c1ccc(C(=O)N2CCn3ccnc3C2)c2ccccc12. The Morgan fingerprint density at radius 3 is 2.68 bits per heavy atom. The zero-order chi connectivity index (χ0) is 19.3. The summed E-state index contributed by atoms with van der Waals surface area (Å²) in [6.07, 6.45) is 3.76. The average molecular weight is 371 g/mol. The normalized spacial score (nSPS) is 13.7. The molecule has 1 N–H and O–H groups in total. The van der Waals surface area contributed by atoms with Crippen molar-refractivity contribution in [2.75, 3.05) is 6.54 Å². The molecule has 2 aromatic heterocycles. The van der Waals surface area contributed by atoms with E-state index < -0.39 is 0 Å². The van der Waals surface area contributed by atoms with Gasteiger partial charge in [0.2, 0.25) is 0 Å².